The standard InChI is InChI=1S/C26H20N2O3/c29-26(23-16-14-22(15-17-23)21-10-5-2-6-11-21)27(19-20-8-3-1-4-9-20)24-12-7-13-25(18-24)28(30)31/h1-18H,19H2. The summed E-state index contributed by atoms with van der Waals surface area (Å²) in [6.07, 6.45) is 0. The van der Waals surface area contributed by atoms with E-state index in [9.17, 15) is 14.9 Å². The number of amides is 1. The molecule has 31 heavy (non-hydrogen) atoms. The molecule has 5 heteroatoms. The fourth-order valence-corrected chi connectivity index (χ4v) is 3.41. The van der Waals surface area contributed by atoms with E-state index in [2.05, 4.69) is 0 Å². The van der Waals surface area contributed by atoms with Crippen LogP contribution in [-0.2, 0) is 6.54 Å². The molecular formula is C26H20N2O3. The second-order valence-corrected chi connectivity index (χ2v) is 7.10. The molecule has 4 aromatic rings. The van der Waals surface area contributed by atoms with Crippen LogP contribution in [0.25, 0.3) is 11.1 Å². The van der Waals surface area contributed by atoms with Gasteiger partial charge in [-0.15, -0.1) is 0 Å². The summed E-state index contributed by atoms with van der Waals surface area (Å²) in [5.41, 5.74) is 3.96. The Labute approximate surface area is 180 Å². The normalized spacial score (nSPS) is 10.5. The number of hydrogen-bond acceptors (Lipinski definition) is 3. The highest BCUT2D eigenvalue weighted by molar-refractivity contribution is 6.06. The van der Waals surface area contributed by atoms with Gasteiger partial charge in [0.1, 0.15) is 0 Å². The predicted molar refractivity (Wildman–Crippen MR) is 122 cm³/mol. The molecule has 0 aliphatic carbocycles. The first kappa shape index (κ1) is 20.0. The Morgan fingerprint density at radius 1 is 0.742 bits per heavy atom. The lowest BCUT2D eigenvalue weighted by Crippen LogP contribution is -2.30. The van der Waals surface area contributed by atoms with Crippen LogP contribution in [0.2, 0.25) is 0 Å². The third-order valence-corrected chi connectivity index (χ3v) is 5.02. The minimum atomic E-state index is -0.455. The monoisotopic (exact) mass is 408 g/mol. The number of non-ortho nitro benzene ring substituents is 1. The molecule has 0 saturated heterocycles. The van der Waals surface area contributed by atoms with Gasteiger partial charge in [-0.2, -0.15) is 0 Å². The van der Waals surface area contributed by atoms with E-state index >= 15 is 0 Å². The Kier molecular flexibility index (Phi) is 5.85. The largest absolute Gasteiger partial charge is 0.304 e. The fraction of sp³-hybridized carbons (Fsp3) is 0.0385. The lowest BCUT2D eigenvalue weighted by molar-refractivity contribution is -0.384. The highest BCUT2D eigenvalue weighted by Crippen LogP contribution is 2.26. The van der Waals surface area contributed by atoms with Gasteiger partial charge in [0.05, 0.1) is 17.2 Å². The second kappa shape index (κ2) is 9.05. The van der Waals surface area contributed by atoms with Crippen LogP contribution >= 0.6 is 0 Å². The summed E-state index contributed by atoms with van der Waals surface area (Å²) in [6.45, 7) is 0.307. The predicted octanol–water partition coefficient (Wildman–Crippen LogP) is 6.11. The zero-order chi connectivity index (χ0) is 21.6. The maximum atomic E-state index is 13.4. The maximum absolute atomic E-state index is 13.4. The second-order valence-electron chi connectivity index (χ2n) is 7.10. The molecule has 1 amide bonds. The first-order valence-corrected chi connectivity index (χ1v) is 9.87. The lowest BCUT2D eigenvalue weighted by Gasteiger charge is -2.23. The third-order valence-electron chi connectivity index (χ3n) is 5.02. The van der Waals surface area contributed by atoms with Gasteiger partial charge in [0.2, 0.25) is 0 Å². The summed E-state index contributed by atoms with van der Waals surface area (Å²) in [5.74, 6) is -0.219. The number of anilines is 1. The summed E-state index contributed by atoms with van der Waals surface area (Å²) in [4.78, 5) is 25.8. The smallest absolute Gasteiger partial charge is 0.271 e. The molecule has 0 saturated carbocycles. The van der Waals surface area contributed by atoms with E-state index in [-0.39, 0.29) is 11.6 Å². The van der Waals surface area contributed by atoms with Crippen molar-refractivity contribution < 1.29 is 9.72 Å². The van der Waals surface area contributed by atoms with E-state index in [1.807, 2.05) is 72.8 Å². The number of hydrogen-bond donors (Lipinski definition) is 0. The first-order valence-electron chi connectivity index (χ1n) is 9.87. The number of nitro benzene ring substituents is 1. The van der Waals surface area contributed by atoms with E-state index in [1.54, 1.807) is 29.2 Å². The average Bonchev–Trinajstić information content (AvgIpc) is 2.83. The van der Waals surface area contributed by atoms with Gasteiger partial charge < -0.3 is 4.90 Å². The highest BCUT2D eigenvalue weighted by Gasteiger charge is 2.20. The molecule has 0 aliphatic heterocycles. The van der Waals surface area contributed by atoms with Crippen molar-refractivity contribution in [3.8, 4) is 11.1 Å². The number of carbonyl (C=O) groups is 1. The van der Waals surface area contributed by atoms with Gasteiger partial charge in [0.25, 0.3) is 11.6 Å². The summed E-state index contributed by atoms with van der Waals surface area (Å²) in [7, 11) is 0. The van der Waals surface area contributed by atoms with Crippen molar-refractivity contribution in [2.24, 2.45) is 0 Å². The van der Waals surface area contributed by atoms with E-state index in [1.165, 1.54) is 12.1 Å². The third kappa shape index (κ3) is 4.67. The van der Waals surface area contributed by atoms with Gasteiger partial charge in [0, 0.05) is 17.7 Å². The molecule has 0 aliphatic rings. The van der Waals surface area contributed by atoms with Crippen molar-refractivity contribution in [3.63, 3.8) is 0 Å². The van der Waals surface area contributed by atoms with E-state index in [0.717, 1.165) is 16.7 Å². The van der Waals surface area contributed by atoms with Crippen molar-refractivity contribution >= 4 is 17.3 Å². The topological polar surface area (TPSA) is 63.5 Å². The lowest BCUT2D eigenvalue weighted by atomic mass is 10.0. The zero-order valence-corrected chi connectivity index (χ0v) is 16.7. The molecule has 5 nitrogen and oxygen atoms in total. The molecule has 0 radical (unpaired) electrons. The Bertz CT molecular complexity index is 1190. The molecule has 0 N–H and O–H groups in total. The molecule has 0 unspecified atom stereocenters. The van der Waals surface area contributed by atoms with Crippen LogP contribution in [0.5, 0.6) is 0 Å². The average molecular weight is 408 g/mol. The molecule has 0 fully saturated rings. The van der Waals surface area contributed by atoms with E-state index in [0.29, 0.717) is 17.8 Å². The van der Waals surface area contributed by atoms with E-state index in [4.69, 9.17) is 0 Å². The Balaban J connectivity index is 1.68. The quantitative estimate of drug-likeness (QED) is 0.286. The van der Waals surface area contributed by atoms with Gasteiger partial charge in [0.15, 0.2) is 0 Å². The van der Waals surface area contributed by atoms with E-state index < -0.39 is 4.92 Å². The summed E-state index contributed by atoms with van der Waals surface area (Å²) >= 11 is 0. The van der Waals surface area contributed by atoms with Crippen molar-refractivity contribution in [1.29, 1.82) is 0 Å². The number of nitrogens with zero attached hydrogens (tertiary/aromatic N) is 2. The highest BCUT2D eigenvalue weighted by atomic mass is 16.6. The van der Waals surface area contributed by atoms with Gasteiger partial charge in [-0.1, -0.05) is 78.9 Å². The van der Waals surface area contributed by atoms with Crippen LogP contribution in [0.3, 0.4) is 0 Å². The van der Waals surface area contributed by atoms with Gasteiger partial charge in [-0.05, 0) is 34.9 Å². The fourth-order valence-electron chi connectivity index (χ4n) is 3.41. The molecule has 0 spiro atoms. The Morgan fingerprint density at radius 2 is 1.35 bits per heavy atom. The summed E-state index contributed by atoms with van der Waals surface area (Å²) in [6, 6.07) is 33.1. The minimum Gasteiger partial charge on any atom is -0.304 e. The van der Waals surface area contributed by atoms with Crippen LogP contribution in [0.4, 0.5) is 11.4 Å². The SMILES string of the molecule is O=C(c1ccc(-c2ccccc2)cc1)N(Cc1ccccc1)c1cccc([N+](=O)[O-])c1. The summed E-state index contributed by atoms with van der Waals surface area (Å²) in [5, 5.41) is 11.2. The van der Waals surface area contributed by atoms with Crippen molar-refractivity contribution in [1.82, 2.24) is 0 Å². The molecule has 0 bridgehead atoms. The molecule has 4 aromatic carbocycles. The number of benzene rings is 4. The zero-order valence-electron chi connectivity index (χ0n) is 16.7. The molecule has 152 valence electrons. The first-order chi connectivity index (χ1) is 15.1. The Hall–Kier alpha value is -4.25. The van der Waals surface area contributed by atoms with Gasteiger partial charge in [-0.25, -0.2) is 0 Å². The van der Waals surface area contributed by atoms with Crippen LogP contribution < -0.4 is 4.90 Å². The molecule has 4 rings (SSSR count). The maximum Gasteiger partial charge on any atom is 0.271 e. The van der Waals surface area contributed by atoms with Crippen LogP contribution in [0, 0.1) is 10.1 Å². The van der Waals surface area contributed by atoms with Crippen LogP contribution in [0.15, 0.2) is 109 Å². The molecule has 0 heterocycles. The molecular weight excluding hydrogens is 388 g/mol. The summed E-state index contributed by atoms with van der Waals surface area (Å²) < 4.78 is 0. The van der Waals surface area contributed by atoms with Crippen molar-refractivity contribution in [2.75, 3.05) is 4.90 Å². The number of nitro groups is 1. The van der Waals surface area contributed by atoms with Gasteiger partial charge in [-0.3, -0.25) is 14.9 Å². The number of rotatable bonds is 6. The van der Waals surface area contributed by atoms with Crippen LogP contribution in [0.1, 0.15) is 15.9 Å². The minimum absolute atomic E-state index is 0.0530. The van der Waals surface area contributed by atoms with Crippen LogP contribution in [-0.4, -0.2) is 10.8 Å². The molecule has 0 atom stereocenters. The Morgan fingerprint density at radius 3 is 2.00 bits per heavy atom. The number of carbonyl (C=O) groups excluding carboxylic acids is 1. The van der Waals surface area contributed by atoms with Gasteiger partial charge >= 0.3 is 0 Å². The molecule has 0 aromatic heterocycles. The van der Waals surface area contributed by atoms with Crippen molar-refractivity contribution in [3.05, 3.63) is 130 Å². The van der Waals surface area contributed by atoms with Crippen molar-refractivity contribution in [2.45, 2.75) is 6.54 Å².